The maximum Gasteiger partial charge on any atom is 0.132 e. The van der Waals surface area contributed by atoms with Gasteiger partial charge in [-0.1, -0.05) is 25.5 Å². The quantitative estimate of drug-likeness (QED) is 0.854. The molecule has 0 aromatic heterocycles. The second-order valence-electron chi connectivity index (χ2n) is 7.37. The highest BCUT2D eigenvalue weighted by Gasteiger charge is 2.43. The first-order chi connectivity index (χ1) is 10.6. The molecule has 120 valence electrons. The van der Waals surface area contributed by atoms with Crippen molar-refractivity contribution in [3.05, 3.63) is 29.8 Å². The molecule has 0 unspecified atom stereocenters. The number of ketones is 1. The van der Waals surface area contributed by atoms with E-state index in [1.165, 1.54) is 37.7 Å². The normalized spacial score (nSPS) is 30.4. The zero-order valence-corrected chi connectivity index (χ0v) is 13.7. The van der Waals surface area contributed by atoms with E-state index in [-0.39, 0.29) is 5.41 Å². The molecule has 2 aliphatic carbocycles. The Morgan fingerprint density at radius 1 is 1.05 bits per heavy atom. The molecule has 1 N–H and O–H groups in total. The molecule has 0 spiro atoms. The van der Waals surface area contributed by atoms with E-state index in [0.29, 0.717) is 17.5 Å². The molecule has 0 aliphatic heterocycles. The van der Waals surface area contributed by atoms with Gasteiger partial charge in [-0.3, -0.25) is 4.79 Å². The standard InChI is InChI=1S/C20H28O2/c1-2-15-11-13-20(14-12-15,16-3-7-18(21)8-4-16)17-5-9-19(22)10-6-17/h3-4,7-8,15,17,21H,2,5-6,9-14H2,1H3. The molecule has 1 aromatic rings. The maximum atomic E-state index is 11.6. The van der Waals surface area contributed by atoms with Crippen molar-refractivity contribution < 1.29 is 9.90 Å². The third-order valence-electron chi connectivity index (χ3n) is 6.34. The summed E-state index contributed by atoms with van der Waals surface area (Å²) >= 11 is 0. The van der Waals surface area contributed by atoms with Gasteiger partial charge in [-0.15, -0.1) is 0 Å². The Bertz CT molecular complexity index is 499. The topological polar surface area (TPSA) is 37.3 Å². The molecule has 0 saturated heterocycles. The average Bonchev–Trinajstić information content (AvgIpc) is 2.56. The third-order valence-corrected chi connectivity index (χ3v) is 6.34. The zero-order chi connectivity index (χ0) is 15.6. The lowest BCUT2D eigenvalue weighted by Crippen LogP contribution is -2.41. The number of phenolic OH excluding ortho intramolecular Hbond substituents is 1. The summed E-state index contributed by atoms with van der Waals surface area (Å²) in [6, 6.07) is 7.91. The molecule has 0 amide bonds. The molecular formula is C20H28O2. The number of carbonyl (C=O) groups excluding carboxylic acids is 1. The predicted molar refractivity (Wildman–Crippen MR) is 89.0 cm³/mol. The first-order valence-corrected chi connectivity index (χ1v) is 8.95. The number of carbonyl (C=O) groups is 1. The van der Waals surface area contributed by atoms with E-state index in [1.54, 1.807) is 0 Å². The minimum absolute atomic E-state index is 0.236. The Morgan fingerprint density at radius 2 is 1.64 bits per heavy atom. The van der Waals surface area contributed by atoms with Crippen molar-refractivity contribution in [2.45, 2.75) is 70.1 Å². The fourth-order valence-electron chi connectivity index (χ4n) is 4.82. The second kappa shape index (κ2) is 6.44. The number of benzene rings is 1. The molecule has 2 heteroatoms. The van der Waals surface area contributed by atoms with E-state index in [1.807, 2.05) is 12.1 Å². The minimum atomic E-state index is 0.236. The Labute approximate surface area is 133 Å². The highest BCUT2D eigenvalue weighted by Crippen LogP contribution is 2.51. The van der Waals surface area contributed by atoms with Gasteiger partial charge in [0.1, 0.15) is 11.5 Å². The summed E-state index contributed by atoms with van der Waals surface area (Å²) in [6.45, 7) is 2.30. The van der Waals surface area contributed by atoms with Crippen molar-refractivity contribution in [2.75, 3.05) is 0 Å². The number of Topliss-reactive ketones (excluding diaryl/α,β-unsaturated/α-hetero) is 1. The molecule has 1 aromatic carbocycles. The maximum absolute atomic E-state index is 11.6. The zero-order valence-electron chi connectivity index (χ0n) is 13.7. The van der Waals surface area contributed by atoms with E-state index in [9.17, 15) is 9.90 Å². The van der Waals surface area contributed by atoms with E-state index in [0.717, 1.165) is 31.6 Å². The molecule has 22 heavy (non-hydrogen) atoms. The van der Waals surface area contributed by atoms with E-state index in [2.05, 4.69) is 19.1 Å². The number of rotatable bonds is 3. The van der Waals surface area contributed by atoms with Crippen LogP contribution < -0.4 is 0 Å². The van der Waals surface area contributed by atoms with Gasteiger partial charge in [0.25, 0.3) is 0 Å². The summed E-state index contributed by atoms with van der Waals surface area (Å²) in [6.07, 6.45) is 10.0. The van der Waals surface area contributed by atoms with Crippen LogP contribution in [-0.2, 0) is 10.2 Å². The van der Waals surface area contributed by atoms with Crippen LogP contribution in [0.25, 0.3) is 0 Å². The fraction of sp³-hybridized carbons (Fsp3) is 0.650. The van der Waals surface area contributed by atoms with Crippen LogP contribution in [0, 0.1) is 11.8 Å². The number of hydrogen-bond acceptors (Lipinski definition) is 2. The van der Waals surface area contributed by atoms with Gasteiger partial charge < -0.3 is 5.11 Å². The van der Waals surface area contributed by atoms with Gasteiger partial charge in [0.2, 0.25) is 0 Å². The van der Waals surface area contributed by atoms with Crippen LogP contribution in [0.5, 0.6) is 5.75 Å². The lowest BCUT2D eigenvalue weighted by Gasteiger charge is -2.47. The SMILES string of the molecule is CCC1CCC(c2ccc(O)cc2)(C2CCC(=O)CC2)CC1. The minimum Gasteiger partial charge on any atom is -0.508 e. The summed E-state index contributed by atoms with van der Waals surface area (Å²) in [5.74, 6) is 2.29. The molecule has 2 fully saturated rings. The highest BCUT2D eigenvalue weighted by molar-refractivity contribution is 5.79. The van der Waals surface area contributed by atoms with Crippen LogP contribution in [0.1, 0.15) is 70.3 Å². The lowest BCUT2D eigenvalue weighted by molar-refractivity contribution is -0.121. The summed E-state index contributed by atoms with van der Waals surface area (Å²) in [5, 5.41) is 9.62. The molecule has 2 nitrogen and oxygen atoms in total. The average molecular weight is 300 g/mol. The Kier molecular flexibility index (Phi) is 4.56. The van der Waals surface area contributed by atoms with Gasteiger partial charge in [0, 0.05) is 12.8 Å². The van der Waals surface area contributed by atoms with E-state index < -0.39 is 0 Å². The van der Waals surface area contributed by atoms with Crippen molar-refractivity contribution >= 4 is 5.78 Å². The van der Waals surface area contributed by atoms with Crippen molar-refractivity contribution in [3.63, 3.8) is 0 Å². The van der Waals surface area contributed by atoms with Gasteiger partial charge in [-0.2, -0.15) is 0 Å². The smallest absolute Gasteiger partial charge is 0.132 e. The molecule has 0 bridgehead atoms. The molecule has 2 saturated carbocycles. The number of hydrogen-bond donors (Lipinski definition) is 1. The summed E-state index contributed by atoms with van der Waals surface area (Å²) in [7, 11) is 0. The molecule has 0 heterocycles. The number of aromatic hydroxyl groups is 1. The first kappa shape index (κ1) is 15.6. The first-order valence-electron chi connectivity index (χ1n) is 8.95. The van der Waals surface area contributed by atoms with Gasteiger partial charge in [-0.25, -0.2) is 0 Å². The second-order valence-corrected chi connectivity index (χ2v) is 7.37. The van der Waals surface area contributed by atoms with Crippen LogP contribution in [0.15, 0.2) is 24.3 Å². The lowest BCUT2D eigenvalue weighted by atomic mass is 9.57. The van der Waals surface area contributed by atoms with Crippen LogP contribution >= 0.6 is 0 Å². The highest BCUT2D eigenvalue weighted by atomic mass is 16.3. The Hall–Kier alpha value is -1.31. The predicted octanol–water partition coefficient (Wildman–Crippen LogP) is 4.99. The Balaban J connectivity index is 1.88. The van der Waals surface area contributed by atoms with E-state index in [4.69, 9.17) is 0 Å². The third kappa shape index (κ3) is 2.93. The number of phenols is 1. The monoisotopic (exact) mass is 300 g/mol. The van der Waals surface area contributed by atoms with Crippen molar-refractivity contribution in [1.29, 1.82) is 0 Å². The van der Waals surface area contributed by atoms with Crippen LogP contribution in [0.4, 0.5) is 0 Å². The van der Waals surface area contributed by atoms with Gasteiger partial charge in [0.05, 0.1) is 0 Å². The van der Waals surface area contributed by atoms with Crippen LogP contribution in [0.3, 0.4) is 0 Å². The Morgan fingerprint density at radius 3 is 2.18 bits per heavy atom. The van der Waals surface area contributed by atoms with Crippen LogP contribution in [0.2, 0.25) is 0 Å². The van der Waals surface area contributed by atoms with Crippen LogP contribution in [-0.4, -0.2) is 10.9 Å². The summed E-state index contributed by atoms with van der Waals surface area (Å²) in [5.41, 5.74) is 1.62. The molecule has 0 atom stereocenters. The summed E-state index contributed by atoms with van der Waals surface area (Å²) < 4.78 is 0. The molecule has 3 rings (SSSR count). The summed E-state index contributed by atoms with van der Waals surface area (Å²) in [4.78, 5) is 11.6. The van der Waals surface area contributed by atoms with Gasteiger partial charge >= 0.3 is 0 Å². The fourth-order valence-corrected chi connectivity index (χ4v) is 4.82. The van der Waals surface area contributed by atoms with Crippen molar-refractivity contribution in [3.8, 4) is 5.75 Å². The molecule has 0 radical (unpaired) electrons. The molecule has 2 aliphatic rings. The van der Waals surface area contributed by atoms with Crippen molar-refractivity contribution in [1.82, 2.24) is 0 Å². The van der Waals surface area contributed by atoms with Gasteiger partial charge in [-0.05, 0) is 73.5 Å². The largest absolute Gasteiger partial charge is 0.508 e. The van der Waals surface area contributed by atoms with E-state index >= 15 is 0 Å². The van der Waals surface area contributed by atoms with Crippen molar-refractivity contribution in [2.24, 2.45) is 11.8 Å². The molecular weight excluding hydrogens is 272 g/mol. The van der Waals surface area contributed by atoms with Gasteiger partial charge in [0.15, 0.2) is 0 Å².